The van der Waals surface area contributed by atoms with Crippen LogP contribution in [-0.2, 0) is 11.4 Å². The fourth-order valence-electron chi connectivity index (χ4n) is 4.59. The zero-order valence-corrected chi connectivity index (χ0v) is 24.8. The summed E-state index contributed by atoms with van der Waals surface area (Å²) in [5, 5.41) is 10.7. The number of hydrogen-bond acceptors (Lipinski definition) is 8. The summed E-state index contributed by atoms with van der Waals surface area (Å²) in [6, 6.07) is 23.1. The van der Waals surface area contributed by atoms with Crippen molar-refractivity contribution in [2.24, 2.45) is 5.73 Å². The number of esters is 1. The number of carbonyl (C=O) groups excluding carboxylic acids is 1. The van der Waals surface area contributed by atoms with Crippen LogP contribution in [0.15, 0.2) is 90.3 Å². The van der Waals surface area contributed by atoms with Crippen LogP contribution in [0, 0.1) is 17.1 Å². The van der Waals surface area contributed by atoms with Crippen LogP contribution in [0.1, 0.15) is 29.5 Å². The van der Waals surface area contributed by atoms with Crippen molar-refractivity contribution in [2.75, 3.05) is 13.2 Å². The maximum absolute atomic E-state index is 14.1. The van der Waals surface area contributed by atoms with Gasteiger partial charge < -0.3 is 29.4 Å². The summed E-state index contributed by atoms with van der Waals surface area (Å²) >= 11 is 12.0. The summed E-state index contributed by atoms with van der Waals surface area (Å²) in [7, 11) is 0. The number of nitrogens with zero attached hydrogens (tertiary/aromatic N) is 1. The predicted octanol–water partition coefficient (Wildman–Crippen LogP) is 7.31. The molecule has 8 nitrogen and oxygen atoms in total. The molecule has 11 heteroatoms. The van der Waals surface area contributed by atoms with E-state index in [0.29, 0.717) is 45.6 Å². The number of nitrogens with two attached hydrogens (primary N) is 1. The van der Waals surface area contributed by atoms with E-state index in [4.69, 9.17) is 52.6 Å². The summed E-state index contributed by atoms with van der Waals surface area (Å²) < 4.78 is 42.5. The lowest BCUT2D eigenvalue weighted by molar-refractivity contribution is -0.136. The van der Waals surface area contributed by atoms with Crippen LogP contribution in [0.5, 0.6) is 28.7 Å². The molecule has 224 valence electrons. The molecule has 4 aromatic rings. The molecule has 2 N–H and O–H groups in total. The SMILES string of the molecule is CCOc1cc(C2C(C#N)=C(N)Oc3cc(OC(=O)COc4ccc(Cl)cc4Cl)ccc32)ccc1OCc1ccccc1F. The molecule has 44 heavy (non-hydrogen) atoms. The molecule has 0 aromatic heterocycles. The first-order valence-corrected chi connectivity index (χ1v) is 14.2. The van der Waals surface area contributed by atoms with Gasteiger partial charge in [0.1, 0.15) is 41.3 Å². The summed E-state index contributed by atoms with van der Waals surface area (Å²) in [6.45, 7) is 1.76. The Morgan fingerprint density at radius 2 is 1.77 bits per heavy atom. The van der Waals surface area contributed by atoms with Gasteiger partial charge in [0.15, 0.2) is 18.1 Å². The largest absolute Gasteiger partial charge is 0.490 e. The molecule has 1 aliphatic heterocycles. The van der Waals surface area contributed by atoms with E-state index in [1.54, 1.807) is 60.7 Å². The lowest BCUT2D eigenvalue weighted by atomic mass is 9.83. The van der Waals surface area contributed by atoms with E-state index < -0.39 is 18.5 Å². The van der Waals surface area contributed by atoms with Crippen molar-refractivity contribution in [1.29, 1.82) is 5.26 Å². The highest BCUT2D eigenvalue weighted by Gasteiger charge is 2.32. The van der Waals surface area contributed by atoms with Crippen molar-refractivity contribution in [3.05, 3.63) is 123 Å². The van der Waals surface area contributed by atoms with Gasteiger partial charge in [-0.3, -0.25) is 0 Å². The highest BCUT2D eigenvalue weighted by atomic mass is 35.5. The van der Waals surface area contributed by atoms with Crippen molar-refractivity contribution in [1.82, 2.24) is 0 Å². The van der Waals surface area contributed by atoms with Gasteiger partial charge in [-0.1, -0.05) is 53.5 Å². The third kappa shape index (κ3) is 6.83. The Labute approximate surface area is 262 Å². The quantitative estimate of drug-likeness (QED) is 0.143. The topological polar surface area (TPSA) is 113 Å². The van der Waals surface area contributed by atoms with Crippen LogP contribution in [-0.4, -0.2) is 19.2 Å². The average molecular weight is 635 g/mol. The van der Waals surface area contributed by atoms with E-state index in [1.165, 1.54) is 18.2 Å². The molecule has 0 aliphatic carbocycles. The molecule has 1 aliphatic rings. The van der Waals surface area contributed by atoms with Gasteiger partial charge in [0, 0.05) is 22.2 Å². The Kier molecular flexibility index (Phi) is 9.44. The van der Waals surface area contributed by atoms with Crippen LogP contribution >= 0.6 is 23.2 Å². The summed E-state index contributed by atoms with van der Waals surface area (Å²) in [5.41, 5.74) is 8.05. The maximum atomic E-state index is 14.1. The van der Waals surface area contributed by atoms with Gasteiger partial charge >= 0.3 is 5.97 Å². The lowest BCUT2D eigenvalue weighted by Gasteiger charge is -2.27. The number of allylic oxidation sites excluding steroid dienone is 1. The molecule has 0 saturated heterocycles. The number of carbonyl (C=O) groups is 1. The van der Waals surface area contributed by atoms with Gasteiger partial charge in [-0.25, -0.2) is 9.18 Å². The minimum Gasteiger partial charge on any atom is -0.490 e. The first-order valence-electron chi connectivity index (χ1n) is 13.4. The molecule has 0 saturated carbocycles. The number of halogens is 3. The fraction of sp³-hybridized carbons (Fsp3) is 0.152. The van der Waals surface area contributed by atoms with E-state index in [-0.39, 0.29) is 40.4 Å². The number of hydrogen-bond donors (Lipinski definition) is 1. The van der Waals surface area contributed by atoms with Crippen LogP contribution in [0.2, 0.25) is 10.0 Å². The Bertz CT molecular complexity index is 1790. The molecule has 1 heterocycles. The van der Waals surface area contributed by atoms with E-state index in [9.17, 15) is 14.4 Å². The van der Waals surface area contributed by atoms with Crippen LogP contribution in [0.25, 0.3) is 0 Å². The number of nitriles is 1. The van der Waals surface area contributed by atoms with Gasteiger partial charge in [0.2, 0.25) is 5.88 Å². The second-order valence-electron chi connectivity index (χ2n) is 9.48. The van der Waals surface area contributed by atoms with E-state index in [0.717, 1.165) is 0 Å². The maximum Gasteiger partial charge on any atom is 0.349 e. The van der Waals surface area contributed by atoms with Crippen molar-refractivity contribution >= 4 is 29.2 Å². The molecule has 0 fully saturated rings. The van der Waals surface area contributed by atoms with Crippen LogP contribution < -0.4 is 29.4 Å². The van der Waals surface area contributed by atoms with E-state index >= 15 is 0 Å². The molecule has 1 atom stereocenters. The fourth-order valence-corrected chi connectivity index (χ4v) is 5.06. The van der Waals surface area contributed by atoms with E-state index in [2.05, 4.69) is 6.07 Å². The molecule has 0 bridgehead atoms. The molecule has 5 rings (SSSR count). The Morgan fingerprint density at radius 1 is 0.977 bits per heavy atom. The third-order valence-electron chi connectivity index (χ3n) is 6.60. The normalized spacial score (nSPS) is 13.8. The molecule has 0 amide bonds. The van der Waals surface area contributed by atoms with Gasteiger partial charge in [-0.15, -0.1) is 0 Å². The zero-order valence-electron chi connectivity index (χ0n) is 23.3. The monoisotopic (exact) mass is 634 g/mol. The third-order valence-corrected chi connectivity index (χ3v) is 7.13. The molecule has 1 unspecified atom stereocenters. The second-order valence-corrected chi connectivity index (χ2v) is 10.3. The van der Waals surface area contributed by atoms with Crippen LogP contribution in [0.3, 0.4) is 0 Å². The minimum atomic E-state index is -0.683. The number of benzene rings is 4. The van der Waals surface area contributed by atoms with Gasteiger partial charge in [-0.2, -0.15) is 5.26 Å². The molecule has 4 aromatic carbocycles. The molecular formula is C33H25Cl2FN2O6. The summed E-state index contributed by atoms with van der Waals surface area (Å²) in [5.74, 6) is -0.185. The van der Waals surface area contributed by atoms with Crippen molar-refractivity contribution in [3.8, 4) is 34.8 Å². The lowest BCUT2D eigenvalue weighted by Crippen LogP contribution is -2.22. The molecular weight excluding hydrogens is 610 g/mol. The average Bonchev–Trinajstić information content (AvgIpc) is 3.00. The second kappa shape index (κ2) is 13.6. The summed E-state index contributed by atoms with van der Waals surface area (Å²) in [4.78, 5) is 12.5. The summed E-state index contributed by atoms with van der Waals surface area (Å²) in [6.07, 6.45) is 0. The van der Waals surface area contributed by atoms with E-state index in [1.807, 2.05) is 6.92 Å². The zero-order chi connectivity index (χ0) is 31.2. The Hall–Kier alpha value is -4.91. The Balaban J connectivity index is 1.37. The van der Waals surface area contributed by atoms with Crippen molar-refractivity contribution < 1.29 is 32.9 Å². The van der Waals surface area contributed by atoms with Gasteiger partial charge in [0.25, 0.3) is 0 Å². The highest BCUT2D eigenvalue weighted by Crippen LogP contribution is 2.45. The standard InChI is InChI=1S/C33H25Cl2FN2O6/c1-2-40-30-13-19(7-11-28(30)41-17-20-5-3-4-6-26(20)36)32-23-10-9-22(15-29(23)44-33(38)24(32)16-37)43-31(39)18-42-27-12-8-21(34)14-25(27)35/h3-15,32H,2,17-18,38H2,1H3. The van der Waals surface area contributed by atoms with Crippen molar-refractivity contribution in [3.63, 3.8) is 0 Å². The van der Waals surface area contributed by atoms with Gasteiger partial charge in [0.05, 0.1) is 17.5 Å². The molecule has 0 spiro atoms. The predicted molar refractivity (Wildman–Crippen MR) is 162 cm³/mol. The highest BCUT2D eigenvalue weighted by molar-refractivity contribution is 6.35. The number of fused-ring (bicyclic) bond motifs is 1. The van der Waals surface area contributed by atoms with Crippen molar-refractivity contribution in [2.45, 2.75) is 19.4 Å². The number of ether oxygens (including phenoxy) is 5. The van der Waals surface area contributed by atoms with Gasteiger partial charge in [-0.05, 0) is 55.0 Å². The Morgan fingerprint density at radius 3 is 2.52 bits per heavy atom. The first kappa shape index (κ1) is 30.5. The number of rotatable bonds is 10. The smallest absolute Gasteiger partial charge is 0.349 e. The molecule has 0 radical (unpaired) electrons. The van der Waals surface area contributed by atoms with Crippen LogP contribution in [0.4, 0.5) is 4.39 Å². The minimum absolute atomic E-state index is 0.00175. The first-order chi connectivity index (χ1) is 21.3.